The zero-order valence-electron chi connectivity index (χ0n) is 8.17. The molecule has 86 valence electrons. The molecule has 10 heteroatoms. The van der Waals surface area contributed by atoms with Crippen molar-refractivity contribution in [2.75, 3.05) is 27.1 Å². The van der Waals surface area contributed by atoms with E-state index in [2.05, 4.69) is 13.1 Å². The molecular formula is C4H12FO6P3. The quantitative estimate of drug-likeness (QED) is 0.713. The number of hydrogen-bond acceptors (Lipinski definition) is 6. The minimum atomic E-state index is -4.45. The Bertz CT molecular complexity index is 334. The van der Waals surface area contributed by atoms with Gasteiger partial charge in [-0.2, -0.15) is 4.20 Å². The molecule has 3 atom stereocenters. The SMILES string of the molecule is COP(C)(=O)OP(C)(=O)OP(C)(=O)F. The van der Waals surface area contributed by atoms with Crippen molar-refractivity contribution < 1.29 is 31.0 Å². The first-order chi connectivity index (χ1) is 5.97. The summed E-state index contributed by atoms with van der Waals surface area (Å²) in [5.41, 5.74) is 0. The maximum atomic E-state index is 12.5. The van der Waals surface area contributed by atoms with E-state index in [0.717, 1.165) is 20.4 Å². The molecule has 0 saturated heterocycles. The summed E-state index contributed by atoms with van der Waals surface area (Å²) in [6, 6.07) is 0. The molecule has 0 amide bonds. The molecule has 0 aliphatic rings. The minimum Gasteiger partial charge on any atom is -0.312 e. The zero-order valence-corrected chi connectivity index (χ0v) is 10.9. The van der Waals surface area contributed by atoms with Crippen molar-refractivity contribution in [3.8, 4) is 0 Å². The fourth-order valence-corrected chi connectivity index (χ4v) is 5.51. The monoisotopic (exact) mass is 268 g/mol. The summed E-state index contributed by atoms with van der Waals surface area (Å²) in [4.78, 5) is 0. The van der Waals surface area contributed by atoms with Gasteiger partial charge < -0.3 is 4.52 Å². The van der Waals surface area contributed by atoms with Gasteiger partial charge in [-0.3, -0.25) is 13.7 Å². The van der Waals surface area contributed by atoms with E-state index in [9.17, 15) is 17.9 Å². The number of rotatable bonds is 5. The standard InChI is InChI=1S/C4H12FO6P3/c1-9-13(3,7)11-14(4,8)10-12(2,5)6/h1-4H3. The van der Waals surface area contributed by atoms with Crippen LogP contribution in [-0.4, -0.2) is 27.1 Å². The largest absolute Gasteiger partial charge is 0.371 e. The van der Waals surface area contributed by atoms with E-state index in [4.69, 9.17) is 0 Å². The molecular weight excluding hydrogens is 256 g/mol. The third-order valence-corrected chi connectivity index (χ3v) is 6.31. The summed E-state index contributed by atoms with van der Waals surface area (Å²) in [7, 11) is -10.9. The van der Waals surface area contributed by atoms with Gasteiger partial charge in [0.05, 0.1) is 0 Å². The summed E-state index contributed by atoms with van der Waals surface area (Å²) >= 11 is 0. The molecule has 0 aliphatic heterocycles. The van der Waals surface area contributed by atoms with Crippen molar-refractivity contribution in [3.63, 3.8) is 0 Å². The summed E-state index contributed by atoms with van der Waals surface area (Å²) in [5.74, 6) is 0. The number of hydrogen-bond donors (Lipinski definition) is 0. The molecule has 0 aromatic carbocycles. The van der Waals surface area contributed by atoms with Gasteiger partial charge in [0.15, 0.2) is 0 Å². The highest BCUT2D eigenvalue weighted by Crippen LogP contribution is 2.68. The van der Waals surface area contributed by atoms with E-state index in [1.165, 1.54) is 0 Å². The molecule has 0 rings (SSSR count). The summed E-state index contributed by atoms with van der Waals surface area (Å²) < 4.78 is 58.3. The van der Waals surface area contributed by atoms with Gasteiger partial charge in [0.25, 0.3) is 0 Å². The van der Waals surface area contributed by atoms with Crippen LogP contribution in [0.15, 0.2) is 0 Å². The van der Waals surface area contributed by atoms with Crippen LogP contribution in [0.25, 0.3) is 0 Å². The van der Waals surface area contributed by atoms with Crippen molar-refractivity contribution in [2.24, 2.45) is 0 Å². The van der Waals surface area contributed by atoms with Crippen LogP contribution >= 0.6 is 22.9 Å². The predicted molar refractivity (Wildman–Crippen MR) is 50.9 cm³/mol. The van der Waals surface area contributed by atoms with E-state index in [0.29, 0.717) is 6.66 Å². The van der Waals surface area contributed by atoms with Crippen LogP contribution in [0.3, 0.4) is 0 Å². The Balaban J connectivity index is 4.60. The third kappa shape index (κ3) is 6.88. The molecule has 0 heterocycles. The second-order valence-electron chi connectivity index (χ2n) is 2.64. The highest BCUT2D eigenvalue weighted by atomic mass is 31.3. The van der Waals surface area contributed by atoms with E-state index < -0.39 is 22.9 Å². The fraction of sp³-hybridized carbons (Fsp3) is 1.00. The van der Waals surface area contributed by atoms with Gasteiger partial charge in [-0.1, -0.05) is 0 Å². The molecule has 14 heavy (non-hydrogen) atoms. The topological polar surface area (TPSA) is 78.9 Å². The highest BCUT2D eigenvalue weighted by molar-refractivity contribution is 7.71. The summed E-state index contributed by atoms with van der Waals surface area (Å²) in [6.07, 6.45) is 0. The molecule has 0 spiro atoms. The van der Waals surface area contributed by atoms with Crippen molar-refractivity contribution in [2.45, 2.75) is 0 Å². The van der Waals surface area contributed by atoms with E-state index >= 15 is 0 Å². The first-order valence-electron chi connectivity index (χ1n) is 3.38. The molecule has 0 aromatic rings. The molecule has 6 nitrogen and oxygen atoms in total. The molecule has 0 radical (unpaired) electrons. The highest BCUT2D eigenvalue weighted by Gasteiger charge is 2.34. The fourth-order valence-electron chi connectivity index (χ4n) is 0.583. The Kier molecular flexibility index (Phi) is 4.73. The van der Waals surface area contributed by atoms with E-state index in [-0.39, 0.29) is 0 Å². The Morgan fingerprint density at radius 1 is 0.929 bits per heavy atom. The lowest BCUT2D eigenvalue weighted by Gasteiger charge is -2.17. The van der Waals surface area contributed by atoms with Gasteiger partial charge in [-0.15, -0.1) is 0 Å². The maximum Gasteiger partial charge on any atom is 0.371 e. The molecule has 0 bridgehead atoms. The summed E-state index contributed by atoms with van der Waals surface area (Å²) in [6.45, 7) is 2.52. The van der Waals surface area contributed by atoms with Crippen LogP contribution < -0.4 is 0 Å². The Hall–Kier alpha value is 0.500. The third-order valence-electron chi connectivity index (χ3n) is 0.922. The molecule has 0 saturated carbocycles. The second-order valence-corrected chi connectivity index (χ2v) is 8.89. The predicted octanol–water partition coefficient (Wildman–Crippen LogP) is 3.10. The van der Waals surface area contributed by atoms with Gasteiger partial charge in [0.2, 0.25) is 0 Å². The van der Waals surface area contributed by atoms with Crippen molar-refractivity contribution in [3.05, 3.63) is 0 Å². The van der Waals surface area contributed by atoms with Crippen LogP contribution in [0.2, 0.25) is 0 Å². The maximum absolute atomic E-state index is 12.5. The Labute approximate surface area is 81.8 Å². The summed E-state index contributed by atoms with van der Waals surface area (Å²) in [5, 5.41) is 0. The lowest BCUT2D eigenvalue weighted by atomic mass is 11.8. The van der Waals surface area contributed by atoms with Crippen LogP contribution in [-0.2, 0) is 26.8 Å². The van der Waals surface area contributed by atoms with E-state index in [1.807, 2.05) is 0 Å². The van der Waals surface area contributed by atoms with Crippen LogP contribution in [0, 0.1) is 0 Å². The van der Waals surface area contributed by atoms with Crippen molar-refractivity contribution >= 4 is 22.9 Å². The van der Waals surface area contributed by atoms with Crippen LogP contribution in [0.5, 0.6) is 0 Å². The lowest BCUT2D eigenvalue weighted by Crippen LogP contribution is -1.91. The van der Waals surface area contributed by atoms with Gasteiger partial charge in [0, 0.05) is 27.1 Å². The van der Waals surface area contributed by atoms with Crippen molar-refractivity contribution in [1.29, 1.82) is 0 Å². The number of halogens is 1. The lowest BCUT2D eigenvalue weighted by molar-refractivity contribution is 0.305. The van der Waals surface area contributed by atoms with Gasteiger partial charge in [-0.05, 0) is 0 Å². The normalized spacial score (nSPS) is 24.6. The first-order valence-corrected chi connectivity index (χ1v) is 9.32. The first kappa shape index (κ1) is 14.5. The van der Waals surface area contributed by atoms with Gasteiger partial charge >= 0.3 is 22.9 Å². The molecule has 3 unspecified atom stereocenters. The van der Waals surface area contributed by atoms with Gasteiger partial charge in [0.1, 0.15) is 0 Å². The average molecular weight is 268 g/mol. The molecule has 0 fully saturated rings. The molecule has 0 aromatic heterocycles. The second kappa shape index (κ2) is 4.56. The van der Waals surface area contributed by atoms with E-state index in [1.54, 1.807) is 0 Å². The Morgan fingerprint density at radius 3 is 1.64 bits per heavy atom. The zero-order chi connectivity index (χ0) is 11.6. The minimum absolute atomic E-state index is 0.625. The smallest absolute Gasteiger partial charge is 0.312 e. The molecule has 0 aliphatic carbocycles. The van der Waals surface area contributed by atoms with Crippen molar-refractivity contribution in [1.82, 2.24) is 0 Å². The molecule has 0 N–H and O–H groups in total. The van der Waals surface area contributed by atoms with Gasteiger partial charge in [-0.25, -0.2) is 8.62 Å². The Morgan fingerprint density at radius 2 is 1.36 bits per heavy atom. The van der Waals surface area contributed by atoms with Crippen LogP contribution in [0.4, 0.5) is 4.20 Å². The average Bonchev–Trinajstić information content (AvgIpc) is 1.78. The van der Waals surface area contributed by atoms with Crippen LogP contribution in [0.1, 0.15) is 0 Å².